The number of hydrogen-bond acceptors (Lipinski definition) is 5. The number of pyridine rings is 1. The van der Waals surface area contributed by atoms with Crippen LogP contribution in [0.4, 0.5) is 0 Å². The highest BCUT2D eigenvalue weighted by Crippen LogP contribution is 2.22. The van der Waals surface area contributed by atoms with E-state index in [0.717, 1.165) is 17.1 Å². The molecule has 0 saturated heterocycles. The number of carbonyl (C=O) groups excluding carboxylic acids is 1. The number of thiophene rings is 1. The highest BCUT2D eigenvalue weighted by atomic mass is 32.2. The normalized spacial score (nSPS) is 12.6. The number of nitrogens with one attached hydrogen (secondary N) is 1. The van der Waals surface area contributed by atoms with E-state index in [0.29, 0.717) is 12.3 Å². The van der Waals surface area contributed by atoms with Gasteiger partial charge in [-0.25, -0.2) is 4.98 Å². The lowest BCUT2D eigenvalue weighted by atomic mass is 10.2. The number of thioether (sulfide) groups is 1. The molecule has 0 saturated carbocycles. The zero-order valence-electron chi connectivity index (χ0n) is 15.3. The second kappa shape index (κ2) is 8.70. The molecule has 0 aliphatic rings. The summed E-state index contributed by atoms with van der Waals surface area (Å²) in [6.45, 7) is 2.69. The van der Waals surface area contributed by atoms with Gasteiger partial charge in [0.1, 0.15) is 5.65 Å². The molecule has 0 fully saturated rings. The summed E-state index contributed by atoms with van der Waals surface area (Å²) in [5.74, 6) is 1.24. The van der Waals surface area contributed by atoms with Crippen molar-refractivity contribution in [3.63, 3.8) is 0 Å². The van der Waals surface area contributed by atoms with Gasteiger partial charge in [0.2, 0.25) is 5.91 Å². The minimum absolute atomic E-state index is 0.0676. The van der Waals surface area contributed by atoms with Crippen LogP contribution in [0.5, 0.6) is 0 Å². The summed E-state index contributed by atoms with van der Waals surface area (Å²) in [5, 5.41) is 5.12. The molecule has 3 aromatic heterocycles. The van der Waals surface area contributed by atoms with Crippen molar-refractivity contribution in [3.05, 3.63) is 58.2 Å². The summed E-state index contributed by atoms with van der Waals surface area (Å²) >= 11 is 3.31. The van der Waals surface area contributed by atoms with E-state index in [1.54, 1.807) is 23.1 Å². The summed E-state index contributed by atoms with van der Waals surface area (Å²) in [6.07, 6.45) is 4.10. The molecule has 1 amide bonds. The van der Waals surface area contributed by atoms with Crippen molar-refractivity contribution in [3.8, 4) is 0 Å². The molecule has 0 radical (unpaired) electrons. The van der Waals surface area contributed by atoms with Crippen LogP contribution in [0.1, 0.15) is 22.2 Å². The zero-order valence-corrected chi connectivity index (χ0v) is 16.9. The summed E-state index contributed by atoms with van der Waals surface area (Å²) < 4.78 is 2.04. The lowest BCUT2D eigenvalue weighted by Crippen LogP contribution is -2.35. The molecular weight excluding hydrogens is 364 g/mol. The van der Waals surface area contributed by atoms with Crippen LogP contribution in [0.25, 0.3) is 5.65 Å². The van der Waals surface area contributed by atoms with Gasteiger partial charge >= 0.3 is 0 Å². The Morgan fingerprint density at radius 3 is 2.92 bits per heavy atom. The van der Waals surface area contributed by atoms with Crippen molar-refractivity contribution >= 4 is 34.7 Å². The number of imidazole rings is 1. The first kappa shape index (κ1) is 18.9. The van der Waals surface area contributed by atoms with Crippen molar-refractivity contribution in [2.75, 3.05) is 26.4 Å². The second-order valence-electron chi connectivity index (χ2n) is 6.50. The van der Waals surface area contributed by atoms with Crippen molar-refractivity contribution < 1.29 is 4.79 Å². The predicted octanol–water partition coefficient (Wildman–Crippen LogP) is 3.36. The average molecular weight is 389 g/mol. The van der Waals surface area contributed by atoms with Gasteiger partial charge in [-0.1, -0.05) is 12.1 Å². The second-order valence-corrected chi connectivity index (χ2v) is 8.46. The van der Waals surface area contributed by atoms with E-state index in [4.69, 9.17) is 0 Å². The number of carbonyl (C=O) groups is 1. The molecule has 138 valence electrons. The number of likely N-dealkylation sites (N-methyl/N-ethyl adjacent to an activating group) is 1. The van der Waals surface area contributed by atoms with Crippen LogP contribution in [0.3, 0.4) is 0 Å². The Morgan fingerprint density at radius 1 is 1.35 bits per heavy atom. The van der Waals surface area contributed by atoms with Crippen LogP contribution < -0.4 is 5.32 Å². The van der Waals surface area contributed by atoms with Crippen molar-refractivity contribution in [1.29, 1.82) is 0 Å². The third kappa shape index (κ3) is 4.87. The Kier molecular flexibility index (Phi) is 6.34. The van der Waals surface area contributed by atoms with E-state index >= 15 is 0 Å². The Hall–Kier alpha value is -1.83. The highest BCUT2D eigenvalue weighted by molar-refractivity contribution is 7.99. The number of aromatic nitrogens is 2. The fraction of sp³-hybridized carbons (Fsp3) is 0.368. The first-order chi connectivity index (χ1) is 12.5. The van der Waals surface area contributed by atoms with E-state index in [2.05, 4.69) is 45.8 Å². The molecular formula is C19H24N4OS2. The van der Waals surface area contributed by atoms with E-state index in [-0.39, 0.29) is 11.9 Å². The highest BCUT2D eigenvalue weighted by Gasteiger charge is 2.16. The van der Waals surface area contributed by atoms with Gasteiger partial charge in [0.15, 0.2) is 0 Å². The molecule has 1 N–H and O–H groups in total. The monoisotopic (exact) mass is 388 g/mol. The quantitative estimate of drug-likeness (QED) is 0.643. The third-order valence-electron chi connectivity index (χ3n) is 4.12. The van der Waals surface area contributed by atoms with Crippen LogP contribution in [-0.2, 0) is 10.5 Å². The molecule has 0 aromatic carbocycles. The van der Waals surface area contributed by atoms with Crippen LogP contribution in [-0.4, -0.2) is 46.6 Å². The Bertz CT molecular complexity index is 858. The number of fused-ring (bicyclic) bond motifs is 1. The molecule has 1 unspecified atom stereocenters. The smallest absolute Gasteiger partial charge is 0.230 e. The molecule has 0 aliphatic heterocycles. The molecule has 0 bridgehead atoms. The molecule has 0 aliphatic carbocycles. The van der Waals surface area contributed by atoms with Crippen molar-refractivity contribution in [1.82, 2.24) is 19.6 Å². The largest absolute Gasteiger partial charge is 0.353 e. The van der Waals surface area contributed by atoms with E-state index in [9.17, 15) is 4.79 Å². The van der Waals surface area contributed by atoms with Crippen LogP contribution >= 0.6 is 23.1 Å². The number of rotatable bonds is 8. The van der Waals surface area contributed by atoms with Crippen LogP contribution in [0, 0.1) is 6.92 Å². The molecule has 5 nitrogen and oxygen atoms in total. The number of amides is 1. The van der Waals surface area contributed by atoms with E-state index in [1.807, 2.05) is 36.8 Å². The van der Waals surface area contributed by atoms with Gasteiger partial charge < -0.3 is 14.6 Å². The standard InChI is InChI=1S/C19H24N4OS2/c1-14-6-7-18-21-15(11-23(18)10-14)12-25-13-19(24)20-9-16(22(2)3)17-5-4-8-26-17/h4-8,10-11,16H,9,12-13H2,1-3H3,(H,20,24). The minimum atomic E-state index is 0.0676. The lowest BCUT2D eigenvalue weighted by Gasteiger charge is -2.23. The predicted molar refractivity (Wildman–Crippen MR) is 110 cm³/mol. The molecule has 3 aromatic rings. The van der Waals surface area contributed by atoms with Gasteiger partial charge in [-0.3, -0.25) is 4.79 Å². The molecule has 3 heterocycles. The van der Waals surface area contributed by atoms with Crippen LogP contribution in [0.15, 0.2) is 42.0 Å². The van der Waals surface area contributed by atoms with Gasteiger partial charge in [-0.2, -0.15) is 0 Å². The first-order valence-corrected chi connectivity index (χ1v) is 10.5. The zero-order chi connectivity index (χ0) is 18.5. The summed E-state index contributed by atoms with van der Waals surface area (Å²) in [4.78, 5) is 20.2. The Labute approximate surface area is 162 Å². The average Bonchev–Trinajstić information content (AvgIpc) is 3.24. The third-order valence-corrected chi connectivity index (χ3v) is 6.06. The maximum Gasteiger partial charge on any atom is 0.230 e. The summed E-state index contributed by atoms with van der Waals surface area (Å²) in [5.41, 5.74) is 3.15. The SMILES string of the molecule is Cc1ccc2nc(CSCC(=O)NCC(c3cccs3)N(C)C)cn2c1. The number of hydrogen-bond donors (Lipinski definition) is 1. The summed E-state index contributed by atoms with van der Waals surface area (Å²) in [7, 11) is 4.08. The lowest BCUT2D eigenvalue weighted by molar-refractivity contribution is -0.118. The maximum atomic E-state index is 12.2. The maximum absolute atomic E-state index is 12.2. The number of nitrogens with zero attached hydrogens (tertiary/aromatic N) is 3. The van der Waals surface area contributed by atoms with Crippen molar-refractivity contribution in [2.24, 2.45) is 0 Å². The van der Waals surface area contributed by atoms with E-state index in [1.165, 1.54) is 10.4 Å². The fourth-order valence-corrected chi connectivity index (χ4v) is 4.41. The molecule has 26 heavy (non-hydrogen) atoms. The topological polar surface area (TPSA) is 49.6 Å². The van der Waals surface area contributed by atoms with Gasteiger partial charge in [0, 0.05) is 29.6 Å². The minimum Gasteiger partial charge on any atom is -0.353 e. The fourth-order valence-electron chi connectivity index (χ4n) is 2.75. The molecule has 7 heteroatoms. The van der Waals surface area contributed by atoms with Crippen LogP contribution in [0.2, 0.25) is 0 Å². The number of aryl methyl sites for hydroxylation is 1. The van der Waals surface area contributed by atoms with Gasteiger partial charge in [0.25, 0.3) is 0 Å². The summed E-state index contributed by atoms with van der Waals surface area (Å²) in [6, 6.07) is 8.45. The molecule has 0 spiro atoms. The van der Waals surface area contributed by atoms with Gasteiger partial charge in [0.05, 0.1) is 17.5 Å². The first-order valence-electron chi connectivity index (χ1n) is 8.51. The van der Waals surface area contributed by atoms with Crippen molar-refractivity contribution in [2.45, 2.75) is 18.7 Å². The Balaban J connectivity index is 1.46. The molecule has 3 rings (SSSR count). The van der Waals surface area contributed by atoms with Gasteiger partial charge in [-0.15, -0.1) is 23.1 Å². The van der Waals surface area contributed by atoms with E-state index < -0.39 is 0 Å². The molecule has 1 atom stereocenters. The Morgan fingerprint density at radius 2 is 2.19 bits per heavy atom. The van der Waals surface area contributed by atoms with Gasteiger partial charge in [-0.05, 0) is 44.1 Å².